The zero-order chi connectivity index (χ0) is 18.3. The Morgan fingerprint density at radius 2 is 2.00 bits per heavy atom. The van der Waals surface area contributed by atoms with Gasteiger partial charge in [-0.2, -0.15) is 0 Å². The van der Waals surface area contributed by atoms with E-state index in [1.807, 2.05) is 0 Å². The summed E-state index contributed by atoms with van der Waals surface area (Å²) in [4.78, 5) is 14.7. The lowest BCUT2D eigenvalue weighted by atomic mass is 10.1. The molecule has 2 fully saturated rings. The van der Waals surface area contributed by atoms with Crippen LogP contribution in [-0.2, 0) is 4.74 Å². The lowest BCUT2D eigenvalue weighted by Gasteiger charge is -2.30. The van der Waals surface area contributed by atoms with Gasteiger partial charge in [0.1, 0.15) is 30.2 Å². The van der Waals surface area contributed by atoms with Crippen LogP contribution in [0, 0.1) is 0 Å². The molecule has 0 aromatic carbocycles. The molecule has 1 aliphatic carbocycles. The number of fused-ring (bicyclic) bond motifs is 1. The molecule has 0 unspecified atom stereocenters. The topological polar surface area (TPSA) is 123 Å². The fraction of sp³-hybridized carbons (Fsp3) is 0.706. The summed E-state index contributed by atoms with van der Waals surface area (Å²) in [5, 5.41) is 21.1. The SMILES string of the molecule is CCN(C[C@H]1O[C@@H](n2cnc3c(N)ncnc32)[C@H](O)[C@@H]1O)C1CCCC1. The minimum absolute atomic E-state index is 0.275. The van der Waals surface area contributed by atoms with Gasteiger partial charge in [-0.25, -0.2) is 15.0 Å². The maximum Gasteiger partial charge on any atom is 0.167 e. The van der Waals surface area contributed by atoms with Crippen LogP contribution in [0.2, 0.25) is 0 Å². The predicted molar refractivity (Wildman–Crippen MR) is 95.2 cm³/mol. The Labute approximate surface area is 151 Å². The second-order valence-corrected chi connectivity index (χ2v) is 7.16. The van der Waals surface area contributed by atoms with Gasteiger partial charge in [0.2, 0.25) is 0 Å². The molecule has 1 aliphatic heterocycles. The monoisotopic (exact) mass is 362 g/mol. The van der Waals surface area contributed by atoms with Gasteiger partial charge < -0.3 is 20.7 Å². The largest absolute Gasteiger partial charge is 0.387 e. The first-order valence-electron chi connectivity index (χ1n) is 9.28. The molecule has 4 N–H and O–H groups in total. The summed E-state index contributed by atoms with van der Waals surface area (Å²) in [6.45, 7) is 3.62. The molecule has 0 amide bonds. The van der Waals surface area contributed by atoms with Gasteiger partial charge in [-0.15, -0.1) is 0 Å². The fourth-order valence-electron chi connectivity index (χ4n) is 4.20. The van der Waals surface area contributed by atoms with E-state index in [4.69, 9.17) is 10.5 Å². The van der Waals surface area contributed by atoms with Crippen LogP contribution < -0.4 is 5.73 Å². The first kappa shape index (κ1) is 17.6. The summed E-state index contributed by atoms with van der Waals surface area (Å²) in [5.74, 6) is 0.275. The molecule has 2 aliphatic rings. The first-order valence-corrected chi connectivity index (χ1v) is 9.28. The summed E-state index contributed by atoms with van der Waals surface area (Å²) in [6, 6.07) is 0.536. The van der Waals surface area contributed by atoms with E-state index in [0.29, 0.717) is 23.8 Å². The van der Waals surface area contributed by atoms with Crippen LogP contribution in [-0.4, -0.2) is 72.1 Å². The van der Waals surface area contributed by atoms with Gasteiger partial charge in [-0.3, -0.25) is 9.47 Å². The van der Waals surface area contributed by atoms with Crippen LogP contribution in [0.25, 0.3) is 11.2 Å². The Balaban J connectivity index is 1.54. The zero-order valence-corrected chi connectivity index (χ0v) is 14.9. The summed E-state index contributed by atoms with van der Waals surface area (Å²) in [6.07, 6.45) is 4.50. The number of aromatic nitrogens is 4. The number of hydrogen-bond acceptors (Lipinski definition) is 8. The molecule has 2 aromatic heterocycles. The van der Waals surface area contributed by atoms with Crippen molar-refractivity contribution in [1.82, 2.24) is 24.4 Å². The number of anilines is 1. The van der Waals surface area contributed by atoms with Gasteiger partial charge in [0.15, 0.2) is 17.7 Å². The molecule has 4 atom stereocenters. The van der Waals surface area contributed by atoms with Crippen molar-refractivity contribution in [2.45, 2.75) is 63.2 Å². The Kier molecular flexibility index (Phi) is 4.78. The molecular formula is C17H26N6O3. The molecule has 0 spiro atoms. The minimum Gasteiger partial charge on any atom is -0.387 e. The highest BCUT2D eigenvalue weighted by Gasteiger charge is 2.45. The van der Waals surface area contributed by atoms with E-state index in [-0.39, 0.29) is 5.82 Å². The maximum atomic E-state index is 10.6. The standard InChI is InChI=1S/C17H26N6O3/c1-2-22(10-5-3-4-6-10)7-11-13(24)14(25)17(26-11)23-9-21-12-15(18)19-8-20-16(12)23/h8-11,13-14,17,24-25H,2-7H2,1H3,(H2,18,19,20)/t11-,13-,14-,17-/m1/s1. The van der Waals surface area contributed by atoms with E-state index in [2.05, 4.69) is 26.8 Å². The second-order valence-electron chi connectivity index (χ2n) is 7.16. The number of aliphatic hydroxyl groups is 2. The Morgan fingerprint density at radius 3 is 2.73 bits per heavy atom. The number of nitrogens with zero attached hydrogens (tertiary/aromatic N) is 5. The molecule has 4 rings (SSSR count). The van der Waals surface area contributed by atoms with Crippen molar-refractivity contribution in [1.29, 1.82) is 0 Å². The van der Waals surface area contributed by atoms with E-state index in [1.165, 1.54) is 38.3 Å². The van der Waals surface area contributed by atoms with E-state index < -0.39 is 24.5 Å². The van der Waals surface area contributed by atoms with Crippen LogP contribution in [0.4, 0.5) is 5.82 Å². The van der Waals surface area contributed by atoms with Crippen molar-refractivity contribution < 1.29 is 14.9 Å². The van der Waals surface area contributed by atoms with Crippen molar-refractivity contribution in [3.8, 4) is 0 Å². The van der Waals surface area contributed by atoms with Gasteiger partial charge in [0, 0.05) is 12.6 Å². The van der Waals surface area contributed by atoms with Gasteiger partial charge in [0.25, 0.3) is 0 Å². The number of aliphatic hydroxyl groups excluding tert-OH is 2. The smallest absolute Gasteiger partial charge is 0.167 e. The highest BCUT2D eigenvalue weighted by molar-refractivity contribution is 5.81. The second kappa shape index (κ2) is 7.07. The number of hydrogen-bond donors (Lipinski definition) is 3. The fourth-order valence-corrected chi connectivity index (χ4v) is 4.20. The molecule has 9 nitrogen and oxygen atoms in total. The number of rotatable bonds is 5. The minimum atomic E-state index is -1.06. The van der Waals surface area contributed by atoms with Gasteiger partial charge in [-0.1, -0.05) is 19.8 Å². The molecule has 0 radical (unpaired) electrons. The number of nitrogen functional groups attached to an aromatic ring is 1. The highest BCUT2D eigenvalue weighted by atomic mass is 16.6. The maximum absolute atomic E-state index is 10.6. The normalized spacial score (nSPS) is 30.0. The summed E-state index contributed by atoms with van der Waals surface area (Å²) >= 11 is 0. The van der Waals surface area contributed by atoms with Gasteiger partial charge in [-0.05, 0) is 19.4 Å². The average molecular weight is 362 g/mol. The predicted octanol–water partition coefficient (Wildman–Crippen LogP) is 0.292. The molecule has 0 bridgehead atoms. The van der Waals surface area contributed by atoms with Crippen LogP contribution in [0.15, 0.2) is 12.7 Å². The molecule has 142 valence electrons. The average Bonchev–Trinajstić information content (AvgIpc) is 3.36. The first-order chi connectivity index (χ1) is 12.6. The molecule has 2 aromatic rings. The third-order valence-electron chi connectivity index (χ3n) is 5.66. The molecule has 9 heteroatoms. The number of ether oxygens (including phenoxy) is 1. The number of imidazole rings is 1. The summed E-state index contributed by atoms with van der Waals surface area (Å²) in [7, 11) is 0. The Bertz CT molecular complexity index is 762. The molecular weight excluding hydrogens is 336 g/mol. The van der Waals surface area contributed by atoms with Crippen LogP contribution in [0.5, 0.6) is 0 Å². The van der Waals surface area contributed by atoms with E-state index >= 15 is 0 Å². The third-order valence-corrected chi connectivity index (χ3v) is 5.66. The lowest BCUT2D eigenvalue weighted by Crippen LogP contribution is -2.43. The highest BCUT2D eigenvalue weighted by Crippen LogP contribution is 2.33. The number of nitrogens with two attached hydrogens (primary N) is 1. The molecule has 3 heterocycles. The van der Waals surface area contributed by atoms with Crippen molar-refractivity contribution in [3.05, 3.63) is 12.7 Å². The van der Waals surface area contributed by atoms with E-state index in [9.17, 15) is 10.2 Å². The summed E-state index contributed by atoms with van der Waals surface area (Å²) in [5.41, 5.74) is 6.77. The quantitative estimate of drug-likeness (QED) is 0.694. The van der Waals surface area contributed by atoms with Crippen LogP contribution in [0.1, 0.15) is 38.8 Å². The van der Waals surface area contributed by atoms with E-state index in [1.54, 1.807) is 4.57 Å². The van der Waals surface area contributed by atoms with Crippen LogP contribution in [0.3, 0.4) is 0 Å². The van der Waals surface area contributed by atoms with Crippen molar-refractivity contribution in [3.63, 3.8) is 0 Å². The van der Waals surface area contributed by atoms with Crippen molar-refractivity contribution in [2.75, 3.05) is 18.8 Å². The van der Waals surface area contributed by atoms with Crippen LogP contribution >= 0.6 is 0 Å². The van der Waals surface area contributed by atoms with E-state index in [0.717, 1.165) is 6.54 Å². The third kappa shape index (κ3) is 2.94. The molecule has 26 heavy (non-hydrogen) atoms. The summed E-state index contributed by atoms with van der Waals surface area (Å²) < 4.78 is 7.67. The van der Waals surface area contributed by atoms with Crippen molar-refractivity contribution >= 4 is 17.0 Å². The number of likely N-dealkylation sites (N-methyl/N-ethyl adjacent to an activating group) is 1. The lowest BCUT2D eigenvalue weighted by molar-refractivity contribution is -0.0473. The Morgan fingerprint density at radius 1 is 1.23 bits per heavy atom. The van der Waals surface area contributed by atoms with Crippen molar-refractivity contribution in [2.24, 2.45) is 0 Å². The molecule has 1 saturated heterocycles. The molecule has 1 saturated carbocycles. The van der Waals surface area contributed by atoms with Gasteiger partial charge >= 0.3 is 0 Å². The Hall–Kier alpha value is -1.81. The zero-order valence-electron chi connectivity index (χ0n) is 14.9. The van der Waals surface area contributed by atoms with Gasteiger partial charge in [0.05, 0.1) is 6.33 Å².